The van der Waals surface area contributed by atoms with Gasteiger partial charge in [0.25, 0.3) is 0 Å². The molecule has 0 aliphatic carbocycles. The minimum Gasteiger partial charge on any atom is -0.289 e. The lowest BCUT2D eigenvalue weighted by molar-refractivity contribution is 0.239. The van der Waals surface area contributed by atoms with Crippen molar-refractivity contribution in [1.82, 2.24) is 29.9 Å². The first-order valence-electron chi connectivity index (χ1n) is 8.99. The molecule has 3 aromatic rings. The smallest absolute Gasteiger partial charge is 0.181 e. The van der Waals surface area contributed by atoms with Gasteiger partial charge in [-0.05, 0) is 33.2 Å². The lowest BCUT2D eigenvalue weighted by Crippen LogP contribution is -2.24. The number of aryl methyl sites for hydroxylation is 1. The number of likely N-dealkylation sites (tertiary alicyclic amines) is 1. The summed E-state index contributed by atoms with van der Waals surface area (Å²) in [7, 11) is 0. The van der Waals surface area contributed by atoms with Gasteiger partial charge in [-0.1, -0.05) is 30.3 Å². The molecule has 1 aliphatic rings. The van der Waals surface area contributed by atoms with Crippen molar-refractivity contribution < 1.29 is 0 Å². The Balaban J connectivity index is 1.53. The van der Waals surface area contributed by atoms with E-state index in [1.54, 1.807) is 0 Å². The fourth-order valence-electron chi connectivity index (χ4n) is 3.64. The fourth-order valence-corrected chi connectivity index (χ4v) is 3.64. The molecule has 0 saturated carbocycles. The topological polar surface area (TPSA) is 62.6 Å². The summed E-state index contributed by atoms with van der Waals surface area (Å²) in [5.74, 6) is 1.74. The molecule has 1 aliphatic heterocycles. The molecule has 1 unspecified atom stereocenters. The van der Waals surface area contributed by atoms with Gasteiger partial charge in [0.15, 0.2) is 5.82 Å². The van der Waals surface area contributed by atoms with Crippen molar-refractivity contribution in [1.29, 1.82) is 0 Å². The van der Waals surface area contributed by atoms with E-state index in [-0.39, 0.29) is 0 Å². The summed E-state index contributed by atoms with van der Waals surface area (Å²) in [5, 5.41) is 12.1. The maximum atomic E-state index is 4.77. The molecule has 6 heteroatoms. The summed E-state index contributed by atoms with van der Waals surface area (Å²) in [6.45, 7) is 7.19. The second-order valence-electron chi connectivity index (χ2n) is 6.61. The van der Waals surface area contributed by atoms with Crippen molar-refractivity contribution >= 4 is 0 Å². The zero-order chi connectivity index (χ0) is 17.2. The van der Waals surface area contributed by atoms with E-state index in [0.29, 0.717) is 6.04 Å². The van der Waals surface area contributed by atoms with E-state index in [2.05, 4.69) is 38.7 Å². The monoisotopic (exact) mass is 336 g/mol. The van der Waals surface area contributed by atoms with Crippen LogP contribution in [-0.2, 0) is 13.1 Å². The third kappa shape index (κ3) is 3.09. The summed E-state index contributed by atoms with van der Waals surface area (Å²) < 4.78 is 2.06. The van der Waals surface area contributed by atoms with Gasteiger partial charge in [0.1, 0.15) is 5.82 Å². The van der Waals surface area contributed by atoms with Crippen LogP contribution in [0.25, 0.3) is 11.4 Å². The fraction of sp³-hybridized carbons (Fsp3) is 0.421. The van der Waals surface area contributed by atoms with Crippen LogP contribution in [0.1, 0.15) is 42.9 Å². The normalized spacial score (nSPS) is 18.1. The summed E-state index contributed by atoms with van der Waals surface area (Å²) in [6, 6.07) is 10.4. The molecule has 0 amide bonds. The Morgan fingerprint density at radius 1 is 1.24 bits per heavy atom. The van der Waals surface area contributed by atoms with Gasteiger partial charge in [0.2, 0.25) is 0 Å². The minimum atomic E-state index is 0.300. The Morgan fingerprint density at radius 2 is 2.08 bits per heavy atom. The van der Waals surface area contributed by atoms with E-state index in [9.17, 15) is 0 Å². The SMILES string of the molecule is CCn1ncc(CN2CCCC2c2nc(-c3ccccc3)n[nH]2)c1C. The number of H-pyrrole nitrogens is 1. The van der Waals surface area contributed by atoms with E-state index in [0.717, 1.165) is 43.3 Å². The lowest BCUT2D eigenvalue weighted by atomic mass is 10.2. The van der Waals surface area contributed by atoms with Gasteiger partial charge < -0.3 is 0 Å². The average molecular weight is 336 g/mol. The van der Waals surface area contributed by atoms with Gasteiger partial charge >= 0.3 is 0 Å². The van der Waals surface area contributed by atoms with Crippen molar-refractivity contribution in [2.75, 3.05) is 6.54 Å². The molecule has 1 saturated heterocycles. The Labute approximate surface area is 147 Å². The van der Waals surface area contributed by atoms with Gasteiger partial charge in [-0.25, -0.2) is 4.98 Å². The maximum Gasteiger partial charge on any atom is 0.181 e. The highest BCUT2D eigenvalue weighted by Crippen LogP contribution is 2.32. The molecular formula is C19H24N6. The third-order valence-corrected chi connectivity index (χ3v) is 5.09. The van der Waals surface area contributed by atoms with Crippen LogP contribution in [0.5, 0.6) is 0 Å². The van der Waals surface area contributed by atoms with Crippen LogP contribution in [0, 0.1) is 6.92 Å². The highest BCUT2D eigenvalue weighted by molar-refractivity contribution is 5.53. The first kappa shape index (κ1) is 16.0. The number of benzene rings is 1. The largest absolute Gasteiger partial charge is 0.289 e. The van der Waals surface area contributed by atoms with Crippen molar-refractivity contribution in [3.63, 3.8) is 0 Å². The van der Waals surface area contributed by atoms with Gasteiger partial charge in [-0.2, -0.15) is 10.2 Å². The molecule has 0 radical (unpaired) electrons. The van der Waals surface area contributed by atoms with Gasteiger partial charge in [-0.3, -0.25) is 14.7 Å². The number of hydrogen-bond donors (Lipinski definition) is 1. The van der Waals surface area contributed by atoms with E-state index < -0.39 is 0 Å². The maximum absolute atomic E-state index is 4.77. The molecular weight excluding hydrogens is 312 g/mol. The molecule has 1 atom stereocenters. The standard InChI is InChI=1S/C19H24N6/c1-3-25-14(2)16(12-20-25)13-24-11-7-10-17(24)19-21-18(22-23-19)15-8-5-4-6-9-15/h4-6,8-9,12,17H,3,7,10-11,13H2,1-2H3,(H,21,22,23). The number of rotatable bonds is 5. The molecule has 6 nitrogen and oxygen atoms in total. The van der Waals surface area contributed by atoms with E-state index >= 15 is 0 Å². The van der Waals surface area contributed by atoms with Crippen LogP contribution in [0.2, 0.25) is 0 Å². The number of nitrogens with one attached hydrogen (secondary N) is 1. The summed E-state index contributed by atoms with van der Waals surface area (Å²) in [4.78, 5) is 7.25. The number of aromatic amines is 1. The first-order valence-corrected chi connectivity index (χ1v) is 8.99. The van der Waals surface area contributed by atoms with Crippen LogP contribution in [0.4, 0.5) is 0 Å². The molecule has 25 heavy (non-hydrogen) atoms. The summed E-state index contributed by atoms with van der Waals surface area (Å²) in [6.07, 6.45) is 4.31. The zero-order valence-electron chi connectivity index (χ0n) is 14.8. The van der Waals surface area contributed by atoms with Gasteiger partial charge in [-0.15, -0.1) is 0 Å². The predicted molar refractivity (Wildman–Crippen MR) is 96.8 cm³/mol. The molecule has 2 aromatic heterocycles. The number of hydrogen-bond acceptors (Lipinski definition) is 4. The number of nitrogens with zero attached hydrogens (tertiary/aromatic N) is 5. The first-order chi connectivity index (χ1) is 12.3. The van der Waals surface area contributed by atoms with Gasteiger partial charge in [0, 0.05) is 29.9 Å². The summed E-state index contributed by atoms with van der Waals surface area (Å²) >= 11 is 0. The molecule has 1 aromatic carbocycles. The molecule has 1 fully saturated rings. The highest BCUT2D eigenvalue weighted by atomic mass is 15.3. The van der Waals surface area contributed by atoms with Crippen LogP contribution < -0.4 is 0 Å². The Kier molecular flexibility index (Phi) is 4.36. The third-order valence-electron chi connectivity index (χ3n) is 5.09. The molecule has 130 valence electrons. The molecule has 1 N–H and O–H groups in total. The van der Waals surface area contributed by atoms with Gasteiger partial charge in [0.05, 0.1) is 12.2 Å². The second kappa shape index (κ2) is 6.80. The van der Waals surface area contributed by atoms with Crippen molar-refractivity contribution in [3.05, 3.63) is 53.6 Å². The Hall–Kier alpha value is -2.47. The highest BCUT2D eigenvalue weighted by Gasteiger charge is 2.29. The minimum absolute atomic E-state index is 0.300. The van der Waals surface area contributed by atoms with Crippen molar-refractivity contribution in [3.8, 4) is 11.4 Å². The molecule has 0 bridgehead atoms. The molecule has 0 spiro atoms. The van der Waals surface area contributed by atoms with Crippen LogP contribution >= 0.6 is 0 Å². The van der Waals surface area contributed by atoms with Crippen molar-refractivity contribution in [2.24, 2.45) is 0 Å². The van der Waals surface area contributed by atoms with Crippen LogP contribution in [0.3, 0.4) is 0 Å². The predicted octanol–water partition coefficient (Wildman–Crippen LogP) is 3.33. The van der Waals surface area contributed by atoms with E-state index in [4.69, 9.17) is 4.98 Å². The second-order valence-corrected chi connectivity index (χ2v) is 6.61. The zero-order valence-corrected chi connectivity index (χ0v) is 14.8. The quantitative estimate of drug-likeness (QED) is 0.776. The van der Waals surface area contributed by atoms with E-state index in [1.165, 1.54) is 17.7 Å². The Bertz CT molecular complexity index is 835. The lowest BCUT2D eigenvalue weighted by Gasteiger charge is -2.22. The Morgan fingerprint density at radius 3 is 2.84 bits per heavy atom. The van der Waals surface area contributed by atoms with Crippen LogP contribution in [-0.4, -0.2) is 36.4 Å². The van der Waals surface area contributed by atoms with Crippen LogP contribution in [0.15, 0.2) is 36.5 Å². The summed E-state index contributed by atoms with van der Waals surface area (Å²) in [5.41, 5.74) is 3.61. The average Bonchev–Trinajstić information content (AvgIpc) is 3.37. The molecule has 3 heterocycles. The molecule has 4 rings (SSSR count). The van der Waals surface area contributed by atoms with E-state index in [1.807, 2.05) is 36.5 Å². The number of aromatic nitrogens is 5. The van der Waals surface area contributed by atoms with Crippen molar-refractivity contribution in [2.45, 2.75) is 45.8 Å².